The van der Waals surface area contributed by atoms with Crippen LogP contribution in [0.4, 0.5) is 0 Å². The van der Waals surface area contributed by atoms with E-state index in [1.165, 1.54) is 6.92 Å². The van der Waals surface area contributed by atoms with Crippen molar-refractivity contribution >= 4 is 23.6 Å². The number of carbonyl (C=O) groups is 4. The average molecular weight is 1950 g/mol. The van der Waals surface area contributed by atoms with E-state index in [0.717, 1.165) is 27.7 Å². The number of amides is 4. The Hall–Kier alpha value is -4.16. The number of aliphatic hydroxyl groups is 30. The number of ether oxygens (including phenoxy) is 21. The van der Waals surface area contributed by atoms with Crippen molar-refractivity contribution in [1.82, 2.24) is 21.3 Å². The molecule has 0 aromatic carbocycles. The van der Waals surface area contributed by atoms with E-state index in [9.17, 15) is 172 Å². The summed E-state index contributed by atoms with van der Waals surface area (Å²) in [6.45, 7) is -6.29. The Morgan fingerprint density at radius 3 is 0.842 bits per heavy atom. The molecule has 11 aliphatic heterocycles. The van der Waals surface area contributed by atoms with Gasteiger partial charge in [0.05, 0.1) is 72.2 Å². The van der Waals surface area contributed by atoms with Crippen molar-refractivity contribution in [2.24, 2.45) is 0 Å². The Morgan fingerprint density at radius 1 is 0.211 bits per heavy atom. The quantitative estimate of drug-likeness (QED) is 0.0284. The van der Waals surface area contributed by atoms with Gasteiger partial charge in [-0.3, -0.25) is 19.2 Å². The summed E-state index contributed by atoms with van der Waals surface area (Å²) < 4.78 is 125. The van der Waals surface area contributed by atoms with Gasteiger partial charge in [-0.05, 0) is 6.92 Å². The van der Waals surface area contributed by atoms with Gasteiger partial charge in [0.15, 0.2) is 69.2 Å². The normalized spacial score (nSPS) is 50.1. The maximum Gasteiger partial charge on any atom is 0.217 e. The minimum absolute atomic E-state index is 0.859. The molecule has 0 aromatic rings. The van der Waals surface area contributed by atoms with Crippen LogP contribution in [0.25, 0.3) is 0 Å². The maximum absolute atomic E-state index is 13.3. The van der Waals surface area contributed by atoms with E-state index in [2.05, 4.69) is 21.3 Å². The summed E-state index contributed by atoms with van der Waals surface area (Å²) >= 11 is 0. The summed E-state index contributed by atoms with van der Waals surface area (Å²) in [7, 11) is 0. The first-order chi connectivity index (χ1) is 62.9. The van der Waals surface area contributed by atoms with E-state index in [1.807, 2.05) is 0 Å². The van der Waals surface area contributed by atoms with E-state index in [-0.39, 0.29) is 0 Å². The van der Waals surface area contributed by atoms with Crippen molar-refractivity contribution in [2.75, 3.05) is 66.1 Å². The lowest BCUT2D eigenvalue weighted by molar-refractivity contribution is -0.399. The molecule has 0 spiro atoms. The molecular weight excluding hydrogens is 1820 g/mol. The standard InChI is InChI=1S/C74H124N4O55/c1-16-35(91)46(102)51(107)68(115-16)113-15-30-59(42(98)31(64(112)116-30)75-17(2)87)126-65-32(76-18(3)88)43(99)58(27(12-85)122-65)129-72-55(111)61(131-74-63(50(106)39(95)24(9-82)121-74)133-67-34(78-20(5)90)44(100)56(26(11-84)124-67)127-69-52(108)47(103)36(92)21(6-79)117-69)41(97)29(125-72)14-114-73-62(49(105)38(94)23(8-81)120-73)132-66-33(77-19(4)89)45(101)57(28(13-86)123-66)128-71-54(110)60(40(96)25(10-83)119-71)130-70-53(109)48(104)37(93)22(7-80)118-70/h16,21-74,79-86,91-112H,6-15H2,1-5H3,(H,75,87)(H,76,88)(H,77,89)(H,78,90)/t16-,21-,22-,23-,24-,25-,26-,27-,28-,29-,30-,31-,32-,33-,34+,35+,36+,37+,38-,39-,40+,41-,42-,43-,44-,45-,46+,47+,48+,49+,50+,51-,52-,53-,54-,55+,56-,57-,58-,59-,60+,61+,62+,63+,64-,65+,66+,67+,68+,69+,70-,71+,72+,73+,74-/m1/s1. The van der Waals surface area contributed by atoms with Crippen molar-refractivity contribution in [3.8, 4) is 0 Å². The third-order valence-corrected chi connectivity index (χ3v) is 24.5. The molecule has 11 heterocycles. The molecule has 0 aromatic heterocycles. The summed E-state index contributed by atoms with van der Waals surface area (Å²) in [4.78, 5) is 52.0. The Balaban J connectivity index is 0.911. The third-order valence-electron chi connectivity index (χ3n) is 24.5. The largest absolute Gasteiger partial charge is 0.394 e. The van der Waals surface area contributed by atoms with E-state index in [4.69, 9.17) is 99.5 Å². The van der Waals surface area contributed by atoms with Gasteiger partial charge in [-0.15, -0.1) is 0 Å². The van der Waals surface area contributed by atoms with Crippen molar-refractivity contribution in [1.29, 1.82) is 0 Å². The summed E-state index contributed by atoms with van der Waals surface area (Å²) in [5.74, 6) is -3.87. The van der Waals surface area contributed by atoms with Gasteiger partial charge in [0.25, 0.3) is 0 Å². The zero-order valence-corrected chi connectivity index (χ0v) is 71.4. The summed E-state index contributed by atoms with van der Waals surface area (Å²) in [5, 5.41) is 345. The van der Waals surface area contributed by atoms with Crippen LogP contribution in [0.2, 0.25) is 0 Å². The zero-order valence-electron chi connectivity index (χ0n) is 71.4. The number of aliphatic hydroxyl groups excluding tert-OH is 30. The maximum atomic E-state index is 13.3. The second kappa shape index (κ2) is 47.6. The molecule has 11 fully saturated rings. The van der Waals surface area contributed by atoms with E-state index in [0.29, 0.717) is 0 Å². The lowest BCUT2D eigenvalue weighted by Crippen LogP contribution is -2.71. The molecule has 11 saturated heterocycles. The van der Waals surface area contributed by atoms with Gasteiger partial charge in [-0.2, -0.15) is 0 Å². The molecule has 0 saturated carbocycles. The van der Waals surface area contributed by atoms with Crippen molar-refractivity contribution in [3.05, 3.63) is 0 Å². The van der Waals surface area contributed by atoms with Crippen LogP contribution in [0.1, 0.15) is 34.6 Å². The molecule has 55 atom stereocenters. The molecule has 11 rings (SSSR count). The van der Waals surface area contributed by atoms with Crippen LogP contribution < -0.4 is 21.3 Å². The summed E-state index contributed by atoms with van der Waals surface area (Å²) in [6, 6.07) is -7.87. The van der Waals surface area contributed by atoms with Gasteiger partial charge in [-0.25, -0.2) is 0 Å². The van der Waals surface area contributed by atoms with Crippen LogP contribution in [-0.2, 0) is 119 Å². The molecule has 0 aliphatic carbocycles. The van der Waals surface area contributed by atoms with Crippen LogP contribution >= 0.6 is 0 Å². The van der Waals surface area contributed by atoms with Crippen molar-refractivity contribution in [2.45, 2.75) is 372 Å². The van der Waals surface area contributed by atoms with Gasteiger partial charge < -0.3 is 274 Å². The minimum atomic E-state index is -2.66. The van der Waals surface area contributed by atoms with Crippen LogP contribution in [0.15, 0.2) is 0 Å². The lowest BCUT2D eigenvalue weighted by Gasteiger charge is -2.51. The molecule has 59 nitrogen and oxygen atoms in total. The molecule has 0 unspecified atom stereocenters. The smallest absolute Gasteiger partial charge is 0.217 e. The number of rotatable bonds is 34. The minimum Gasteiger partial charge on any atom is -0.394 e. The van der Waals surface area contributed by atoms with E-state index < -0.39 is 427 Å². The third kappa shape index (κ3) is 24.1. The Kier molecular flexibility index (Phi) is 39.1. The van der Waals surface area contributed by atoms with Crippen LogP contribution in [0.3, 0.4) is 0 Å². The Labute approximate surface area is 752 Å². The van der Waals surface area contributed by atoms with Crippen molar-refractivity contribution < 1.29 is 272 Å². The summed E-state index contributed by atoms with van der Waals surface area (Å²) in [6.07, 6.45) is -107. The number of hydrogen-bond donors (Lipinski definition) is 34. The first-order valence-electron chi connectivity index (χ1n) is 42.5. The highest BCUT2D eigenvalue weighted by Crippen LogP contribution is 2.42. The highest BCUT2D eigenvalue weighted by atomic mass is 16.8. The first kappa shape index (κ1) is 109. The molecule has 133 heavy (non-hydrogen) atoms. The van der Waals surface area contributed by atoms with Crippen LogP contribution in [0, 0.1) is 0 Å². The predicted molar refractivity (Wildman–Crippen MR) is 407 cm³/mol. The second-order valence-electron chi connectivity index (χ2n) is 33.8. The topological polar surface area (TPSA) is 917 Å². The monoisotopic (exact) mass is 1950 g/mol. The molecule has 0 radical (unpaired) electrons. The van der Waals surface area contributed by atoms with E-state index >= 15 is 0 Å². The van der Waals surface area contributed by atoms with Gasteiger partial charge in [-0.1, -0.05) is 0 Å². The Morgan fingerprint density at radius 2 is 0.459 bits per heavy atom. The fourth-order valence-corrected chi connectivity index (χ4v) is 17.3. The fourth-order valence-electron chi connectivity index (χ4n) is 17.3. The highest BCUT2D eigenvalue weighted by molar-refractivity contribution is 5.74. The molecular formula is C74H124N4O55. The molecule has 4 amide bonds. The van der Waals surface area contributed by atoms with E-state index in [1.54, 1.807) is 0 Å². The van der Waals surface area contributed by atoms with Crippen LogP contribution in [-0.4, -0.2) is 580 Å². The number of carbonyl (C=O) groups excluding carboxylic acids is 4. The Bertz CT molecular complexity index is 3630. The first-order valence-corrected chi connectivity index (χ1v) is 42.5. The van der Waals surface area contributed by atoms with Crippen LogP contribution in [0.5, 0.6) is 0 Å². The van der Waals surface area contributed by atoms with Gasteiger partial charge in [0.2, 0.25) is 23.6 Å². The average Bonchev–Trinajstić information content (AvgIpc) is 0.756. The lowest BCUT2D eigenvalue weighted by atomic mass is 9.93. The van der Waals surface area contributed by atoms with Crippen molar-refractivity contribution in [3.63, 3.8) is 0 Å². The molecule has 0 bridgehead atoms. The zero-order chi connectivity index (χ0) is 97.8. The van der Waals surface area contributed by atoms with Gasteiger partial charge in [0.1, 0.15) is 262 Å². The second-order valence-corrected chi connectivity index (χ2v) is 33.8. The SMILES string of the molecule is CC(=O)N[C@@H]1[C@H](O[C@@H]2[C@@H](O[C@@H]3[C@H](O)[C@H](O[C@H]4[C@H](O)[C@@H](NC(C)=O)[C@H](O[C@H]5[C@H](O)[C@@H](NC(C)=O)[C@H](O)O[C@@H]5CO[C@H]5O[C@H](C)[C@H](O)[C@H](O)[C@H]5O)O[C@@H]4CO)O[C@H](CO[C@H]4O[C@H](CO)[C@@H](O)[C@H](O)[C@@H]4O[C@@H]4O[C@H](CO)[C@@H](O[C@@H]5O[C@H](CO)[C@H](O)[C@H](O[C@H]6O[C@H](CO)[C@H](O)[C@H](O)[C@H]6O)[C@H]5O)[C@H](O)[C@H]4NC(C)=O)[C@H]3O)O[C@H](CO)[C@@H](O)[C@@H]2O)O[C@H](CO)[C@@H](O[C@@H]2O[C@H](CO)[C@H](O)[C@H](O)[C@H]2O)[C@@H]1O. The molecule has 34 N–H and O–H groups in total. The highest BCUT2D eigenvalue weighted by Gasteiger charge is 2.63. The van der Waals surface area contributed by atoms with Gasteiger partial charge >= 0.3 is 0 Å². The molecule has 11 aliphatic rings. The molecule has 59 heteroatoms. The predicted octanol–water partition coefficient (Wildman–Crippen LogP) is -23.4. The van der Waals surface area contributed by atoms with Gasteiger partial charge in [0, 0.05) is 27.7 Å². The number of hydrogen-bond acceptors (Lipinski definition) is 55. The molecule has 770 valence electrons. The summed E-state index contributed by atoms with van der Waals surface area (Å²) in [5.41, 5.74) is 0. The number of nitrogens with one attached hydrogen (secondary N) is 4. The fraction of sp³-hybridized carbons (Fsp3) is 0.946.